The normalized spacial score (nSPS) is 10.8. The van der Waals surface area contributed by atoms with E-state index in [4.69, 9.17) is 23.0 Å². The van der Waals surface area contributed by atoms with E-state index in [1.807, 2.05) is 0 Å². The molecule has 0 aromatic heterocycles. The van der Waals surface area contributed by atoms with Crippen molar-refractivity contribution < 1.29 is 37.4 Å². The van der Waals surface area contributed by atoms with E-state index >= 15 is 0 Å². The molecule has 0 amide bonds. The molecule has 2 heterocycles. The highest BCUT2D eigenvalue weighted by Crippen LogP contribution is 2.40. The molecular formula is C23H16O9. The number of fused-ring (bicyclic) bond motifs is 2. The molecule has 0 saturated carbocycles. The lowest BCUT2D eigenvalue weighted by Gasteiger charge is -2.11. The lowest BCUT2D eigenvalue weighted by molar-refractivity contribution is -0.134. The Labute approximate surface area is 180 Å². The maximum Gasteiger partial charge on any atom is 0.348 e. The van der Waals surface area contributed by atoms with Gasteiger partial charge in [0.1, 0.15) is 16.9 Å². The average Bonchev–Trinajstić information content (AvgIpc) is 3.01. The third kappa shape index (κ3) is 4.08. The zero-order valence-electron chi connectivity index (χ0n) is 17.2. The lowest BCUT2D eigenvalue weighted by atomic mass is 10.1. The fraction of sp³-hybridized carbons (Fsp3) is 0.130. The Morgan fingerprint density at radius 1 is 0.750 bits per heavy atom. The number of ether oxygens (including phenoxy) is 3. The second-order valence-corrected chi connectivity index (χ2v) is 6.85. The Balaban J connectivity index is 1.86. The van der Waals surface area contributed by atoms with Gasteiger partial charge in [-0.3, -0.25) is 14.4 Å². The molecule has 0 spiro atoms. The molecule has 32 heavy (non-hydrogen) atoms. The number of esters is 3. The van der Waals surface area contributed by atoms with E-state index in [1.165, 1.54) is 32.9 Å². The van der Waals surface area contributed by atoms with Gasteiger partial charge in [-0.25, -0.2) is 4.79 Å². The number of hydrogen-bond donors (Lipinski definition) is 0. The van der Waals surface area contributed by atoms with Crippen LogP contribution < -0.4 is 19.8 Å². The molecule has 0 fully saturated rings. The summed E-state index contributed by atoms with van der Waals surface area (Å²) in [5.41, 5.74) is 0.307. The number of carbonyl (C=O) groups is 3. The molecule has 0 radical (unpaired) electrons. The predicted molar refractivity (Wildman–Crippen MR) is 111 cm³/mol. The molecule has 2 aliphatic heterocycles. The van der Waals surface area contributed by atoms with Crippen molar-refractivity contribution in [2.75, 3.05) is 0 Å². The Morgan fingerprint density at radius 2 is 1.34 bits per heavy atom. The molecule has 9 heteroatoms. The summed E-state index contributed by atoms with van der Waals surface area (Å²) < 4.78 is 26.5. The summed E-state index contributed by atoms with van der Waals surface area (Å²) in [6.07, 6.45) is 0. The Bertz CT molecular complexity index is 1390. The maximum atomic E-state index is 12.6. The highest BCUT2D eigenvalue weighted by molar-refractivity contribution is 5.90. The highest BCUT2D eigenvalue weighted by atomic mass is 16.6. The van der Waals surface area contributed by atoms with Crippen molar-refractivity contribution >= 4 is 28.9 Å². The average molecular weight is 436 g/mol. The third-order valence-corrected chi connectivity index (χ3v) is 4.34. The SMILES string of the molecule is CC(=O)Oc1ccc(-c2c3oc4cc(OC(C)=O)c(OC(C)=O)cc4cc-3oc2=O)cc1. The maximum absolute atomic E-state index is 12.6. The van der Waals surface area contributed by atoms with Crippen LogP contribution in [0.5, 0.6) is 17.2 Å². The zero-order chi connectivity index (χ0) is 23.0. The zero-order valence-corrected chi connectivity index (χ0v) is 17.2. The van der Waals surface area contributed by atoms with Gasteiger partial charge >= 0.3 is 23.5 Å². The minimum Gasteiger partial charge on any atom is -0.452 e. The van der Waals surface area contributed by atoms with Gasteiger partial charge in [0.15, 0.2) is 23.0 Å². The van der Waals surface area contributed by atoms with Crippen LogP contribution in [0.2, 0.25) is 0 Å². The largest absolute Gasteiger partial charge is 0.452 e. The van der Waals surface area contributed by atoms with Gasteiger partial charge in [-0.05, 0) is 29.8 Å². The van der Waals surface area contributed by atoms with E-state index in [2.05, 4.69) is 0 Å². The van der Waals surface area contributed by atoms with Crippen LogP contribution in [-0.4, -0.2) is 17.9 Å². The molecule has 0 aliphatic carbocycles. The molecule has 0 bridgehead atoms. The van der Waals surface area contributed by atoms with E-state index in [0.29, 0.717) is 16.7 Å². The first kappa shape index (κ1) is 20.9. The summed E-state index contributed by atoms with van der Waals surface area (Å²) in [6.45, 7) is 3.71. The summed E-state index contributed by atoms with van der Waals surface area (Å²) in [5.74, 6) is -0.992. The quantitative estimate of drug-likeness (QED) is 0.346. The van der Waals surface area contributed by atoms with Crippen molar-refractivity contribution in [1.29, 1.82) is 0 Å². The van der Waals surface area contributed by atoms with Gasteiger partial charge in [0.05, 0.1) is 0 Å². The Kier molecular flexibility index (Phi) is 5.23. The number of hydrogen-bond acceptors (Lipinski definition) is 9. The molecule has 2 aromatic rings. The standard InChI is InChI=1S/C23H16O9/c1-11(24)28-16-6-4-14(5-7-16)21-22-20(32-23(21)27)9-15-8-18(29-12(2)25)19(30-13(3)26)10-17(15)31-22/h4-10H,1-3H3. The second kappa shape index (κ2) is 8.03. The molecular weight excluding hydrogens is 420 g/mol. The van der Waals surface area contributed by atoms with Gasteiger partial charge in [-0.1, -0.05) is 12.1 Å². The van der Waals surface area contributed by atoms with Gasteiger partial charge < -0.3 is 23.0 Å². The van der Waals surface area contributed by atoms with Crippen LogP contribution in [0.1, 0.15) is 20.8 Å². The van der Waals surface area contributed by atoms with Gasteiger partial charge in [-0.15, -0.1) is 0 Å². The fourth-order valence-corrected chi connectivity index (χ4v) is 3.19. The highest BCUT2D eigenvalue weighted by Gasteiger charge is 2.24. The topological polar surface area (TPSA) is 122 Å². The summed E-state index contributed by atoms with van der Waals surface area (Å²) in [7, 11) is 0. The molecule has 4 rings (SSSR count). The molecule has 162 valence electrons. The Hall–Kier alpha value is -4.40. The molecule has 2 aromatic carbocycles. The van der Waals surface area contributed by atoms with Crippen LogP contribution >= 0.6 is 0 Å². The number of carbonyl (C=O) groups excluding carboxylic acids is 3. The van der Waals surface area contributed by atoms with Crippen LogP contribution in [0.15, 0.2) is 56.1 Å². The summed E-state index contributed by atoms with van der Waals surface area (Å²) in [6, 6.07) is 10.7. The molecule has 0 atom stereocenters. The first-order chi connectivity index (χ1) is 15.2. The number of benzene rings is 2. The van der Waals surface area contributed by atoms with Crippen LogP contribution in [-0.2, 0) is 14.4 Å². The van der Waals surface area contributed by atoms with Gasteiger partial charge in [0, 0.05) is 32.2 Å². The minimum atomic E-state index is -0.625. The molecule has 0 saturated heterocycles. The van der Waals surface area contributed by atoms with Crippen molar-refractivity contribution in [3.63, 3.8) is 0 Å². The first-order valence-electron chi connectivity index (χ1n) is 9.41. The van der Waals surface area contributed by atoms with Crippen molar-refractivity contribution in [2.24, 2.45) is 0 Å². The van der Waals surface area contributed by atoms with Crippen molar-refractivity contribution in [1.82, 2.24) is 0 Å². The fourth-order valence-electron chi connectivity index (χ4n) is 3.19. The molecule has 0 unspecified atom stereocenters. The van der Waals surface area contributed by atoms with Crippen molar-refractivity contribution in [2.45, 2.75) is 20.8 Å². The minimum absolute atomic E-state index is 0.0126. The second-order valence-electron chi connectivity index (χ2n) is 6.85. The van der Waals surface area contributed by atoms with E-state index in [9.17, 15) is 19.2 Å². The van der Waals surface area contributed by atoms with E-state index in [-0.39, 0.29) is 34.2 Å². The first-order valence-corrected chi connectivity index (χ1v) is 9.41. The van der Waals surface area contributed by atoms with Crippen LogP contribution in [0.3, 0.4) is 0 Å². The monoisotopic (exact) mass is 436 g/mol. The van der Waals surface area contributed by atoms with E-state index < -0.39 is 23.5 Å². The van der Waals surface area contributed by atoms with Gasteiger partial charge in [0.2, 0.25) is 0 Å². The Morgan fingerprint density at radius 3 is 1.94 bits per heavy atom. The van der Waals surface area contributed by atoms with Crippen molar-refractivity contribution in [3.05, 3.63) is 52.9 Å². The number of furan rings is 1. The lowest BCUT2D eigenvalue weighted by Crippen LogP contribution is -2.07. The molecule has 0 N–H and O–H groups in total. The van der Waals surface area contributed by atoms with E-state index in [1.54, 1.807) is 30.3 Å². The summed E-state index contributed by atoms with van der Waals surface area (Å²) >= 11 is 0. The van der Waals surface area contributed by atoms with Crippen LogP contribution in [0.4, 0.5) is 0 Å². The summed E-state index contributed by atoms with van der Waals surface area (Å²) in [4.78, 5) is 46.5. The third-order valence-electron chi connectivity index (χ3n) is 4.34. The van der Waals surface area contributed by atoms with Crippen LogP contribution in [0.25, 0.3) is 33.6 Å². The van der Waals surface area contributed by atoms with Gasteiger partial charge in [0.25, 0.3) is 0 Å². The van der Waals surface area contributed by atoms with E-state index in [0.717, 1.165) is 0 Å². The van der Waals surface area contributed by atoms with Crippen LogP contribution in [0, 0.1) is 0 Å². The molecule has 9 nitrogen and oxygen atoms in total. The predicted octanol–water partition coefficient (Wildman–Crippen LogP) is 3.93. The van der Waals surface area contributed by atoms with Crippen molar-refractivity contribution in [3.8, 4) is 39.9 Å². The van der Waals surface area contributed by atoms with Gasteiger partial charge in [-0.2, -0.15) is 0 Å². The summed E-state index contributed by atoms with van der Waals surface area (Å²) in [5, 5.41) is 0.454. The number of rotatable bonds is 4. The molecule has 2 aliphatic rings. The smallest absolute Gasteiger partial charge is 0.348 e.